The van der Waals surface area contributed by atoms with Crippen molar-refractivity contribution >= 4 is 32.7 Å². The number of methoxy groups -OCH3 is 1. The van der Waals surface area contributed by atoms with Gasteiger partial charge in [-0.1, -0.05) is 35.6 Å². The molecule has 1 aliphatic rings. The monoisotopic (exact) mass is 461 g/mol. The van der Waals surface area contributed by atoms with Gasteiger partial charge < -0.3 is 14.5 Å². The average molecular weight is 462 g/mol. The number of aryl methyl sites for hydroxylation is 2. The Morgan fingerprint density at radius 3 is 2.45 bits per heavy atom. The number of piperazine rings is 1. The summed E-state index contributed by atoms with van der Waals surface area (Å²) in [5, 5.41) is 5.68. The second-order valence-corrected chi connectivity index (χ2v) is 9.29. The van der Waals surface area contributed by atoms with Gasteiger partial charge in [0.15, 0.2) is 10.8 Å². The smallest absolute Gasteiger partial charge is 0.227 e. The van der Waals surface area contributed by atoms with Gasteiger partial charge in [0, 0.05) is 26.2 Å². The number of hydrogen-bond acceptors (Lipinski definition) is 6. The van der Waals surface area contributed by atoms with E-state index in [-0.39, 0.29) is 5.91 Å². The summed E-state index contributed by atoms with van der Waals surface area (Å²) in [5.41, 5.74) is 5.07. The normalized spacial score (nSPS) is 14.2. The third kappa shape index (κ3) is 4.18. The molecule has 0 radical (unpaired) electrons. The van der Waals surface area contributed by atoms with Crippen LogP contribution in [0.15, 0.2) is 48.5 Å². The summed E-state index contributed by atoms with van der Waals surface area (Å²) in [4.78, 5) is 22.0. The van der Waals surface area contributed by atoms with Crippen molar-refractivity contribution in [3.05, 3.63) is 65.4 Å². The van der Waals surface area contributed by atoms with Gasteiger partial charge in [0.2, 0.25) is 5.91 Å². The van der Waals surface area contributed by atoms with Gasteiger partial charge in [-0.15, -0.1) is 0 Å². The van der Waals surface area contributed by atoms with E-state index in [0.717, 1.165) is 51.3 Å². The minimum absolute atomic E-state index is 0.194. The van der Waals surface area contributed by atoms with Crippen molar-refractivity contribution in [3.63, 3.8) is 0 Å². The molecule has 8 heteroatoms. The first-order valence-corrected chi connectivity index (χ1v) is 11.9. The van der Waals surface area contributed by atoms with Gasteiger partial charge in [0.05, 0.1) is 29.6 Å². The van der Waals surface area contributed by atoms with Crippen molar-refractivity contribution < 1.29 is 9.53 Å². The fraction of sp³-hybridized carbons (Fsp3) is 0.320. The maximum absolute atomic E-state index is 12.8. The zero-order valence-electron chi connectivity index (χ0n) is 19.1. The Morgan fingerprint density at radius 2 is 1.76 bits per heavy atom. The molecule has 1 amide bonds. The molecular formula is C25H27N5O2S. The summed E-state index contributed by atoms with van der Waals surface area (Å²) in [6, 6.07) is 15.9. The number of anilines is 1. The third-order valence-electron chi connectivity index (χ3n) is 6.20. The summed E-state index contributed by atoms with van der Waals surface area (Å²) < 4.78 is 8.26. The van der Waals surface area contributed by atoms with Gasteiger partial charge in [-0.2, -0.15) is 10.1 Å². The molecule has 1 saturated heterocycles. The maximum atomic E-state index is 12.8. The predicted octanol–water partition coefficient (Wildman–Crippen LogP) is 4.00. The van der Waals surface area contributed by atoms with Crippen LogP contribution >= 0.6 is 11.3 Å². The van der Waals surface area contributed by atoms with Gasteiger partial charge >= 0.3 is 0 Å². The number of nitrogens with zero attached hydrogens (tertiary/aromatic N) is 5. The Bertz CT molecular complexity index is 1290. The molecule has 0 N–H and O–H groups in total. The first-order chi connectivity index (χ1) is 16.0. The minimum atomic E-state index is 0.194. The molecule has 4 aromatic rings. The Kier molecular flexibility index (Phi) is 5.76. The van der Waals surface area contributed by atoms with Crippen LogP contribution in [0.4, 0.5) is 5.13 Å². The Morgan fingerprint density at radius 1 is 1.03 bits per heavy atom. The van der Waals surface area contributed by atoms with Gasteiger partial charge in [-0.3, -0.25) is 4.79 Å². The number of carbonyl (C=O) groups is 1. The van der Waals surface area contributed by atoms with E-state index in [2.05, 4.69) is 17.9 Å². The molecule has 2 aromatic carbocycles. The molecule has 33 heavy (non-hydrogen) atoms. The van der Waals surface area contributed by atoms with Crippen LogP contribution in [0.25, 0.3) is 16.0 Å². The lowest BCUT2D eigenvalue weighted by Gasteiger charge is -2.34. The molecule has 170 valence electrons. The lowest BCUT2D eigenvalue weighted by Crippen LogP contribution is -2.49. The van der Waals surface area contributed by atoms with Gasteiger partial charge in [0.1, 0.15) is 5.75 Å². The molecule has 3 heterocycles. The Balaban J connectivity index is 1.29. The number of benzene rings is 2. The topological polar surface area (TPSA) is 63.5 Å². The van der Waals surface area contributed by atoms with Crippen LogP contribution < -0.4 is 9.64 Å². The van der Waals surface area contributed by atoms with E-state index in [1.807, 2.05) is 59.0 Å². The zero-order valence-corrected chi connectivity index (χ0v) is 19.9. The number of hydrogen-bond donors (Lipinski definition) is 0. The lowest BCUT2D eigenvalue weighted by atomic mass is 10.1. The van der Waals surface area contributed by atoms with E-state index >= 15 is 0 Å². The molecule has 7 nitrogen and oxygen atoms in total. The first-order valence-electron chi connectivity index (χ1n) is 11.1. The SMILES string of the molecule is COc1ccc(-n2nc(C)c3sc(N4CCN(C(=O)Cc5ccccc5C)CC4)nc32)cc1. The van der Waals surface area contributed by atoms with Crippen LogP contribution in [-0.2, 0) is 11.2 Å². The largest absolute Gasteiger partial charge is 0.497 e. The lowest BCUT2D eigenvalue weighted by molar-refractivity contribution is -0.130. The molecular weight excluding hydrogens is 434 g/mol. The number of fused-ring (bicyclic) bond motifs is 1. The van der Waals surface area contributed by atoms with E-state index in [9.17, 15) is 4.79 Å². The van der Waals surface area contributed by atoms with Crippen molar-refractivity contribution in [2.45, 2.75) is 20.3 Å². The highest BCUT2D eigenvalue weighted by molar-refractivity contribution is 7.22. The van der Waals surface area contributed by atoms with E-state index < -0.39 is 0 Å². The van der Waals surface area contributed by atoms with Gasteiger partial charge in [-0.25, -0.2) is 4.68 Å². The number of carbonyl (C=O) groups excluding carboxylic acids is 1. The van der Waals surface area contributed by atoms with E-state index in [1.54, 1.807) is 18.4 Å². The third-order valence-corrected chi connectivity index (χ3v) is 7.41. The average Bonchev–Trinajstić information content (AvgIpc) is 3.41. The molecule has 1 aliphatic heterocycles. The molecule has 5 rings (SSSR count). The summed E-state index contributed by atoms with van der Waals surface area (Å²) in [7, 11) is 1.66. The molecule has 0 unspecified atom stereocenters. The molecule has 1 fully saturated rings. The highest BCUT2D eigenvalue weighted by Gasteiger charge is 2.25. The Hall–Kier alpha value is -3.39. The van der Waals surface area contributed by atoms with E-state index in [1.165, 1.54) is 5.56 Å². The van der Waals surface area contributed by atoms with E-state index in [4.69, 9.17) is 14.8 Å². The van der Waals surface area contributed by atoms with Crippen LogP contribution in [-0.4, -0.2) is 58.9 Å². The number of rotatable bonds is 5. The number of amides is 1. The summed E-state index contributed by atoms with van der Waals surface area (Å²) in [6.07, 6.45) is 0.463. The van der Waals surface area contributed by atoms with Gasteiger partial charge in [-0.05, 0) is 49.2 Å². The number of thiazole rings is 1. The molecule has 0 atom stereocenters. The maximum Gasteiger partial charge on any atom is 0.227 e. The van der Waals surface area contributed by atoms with Crippen LogP contribution in [0.1, 0.15) is 16.8 Å². The molecule has 2 aromatic heterocycles. The van der Waals surface area contributed by atoms with Crippen LogP contribution in [0, 0.1) is 13.8 Å². The van der Waals surface area contributed by atoms with Crippen LogP contribution in [0.2, 0.25) is 0 Å². The van der Waals surface area contributed by atoms with Crippen molar-refractivity contribution in [3.8, 4) is 11.4 Å². The predicted molar refractivity (Wildman–Crippen MR) is 132 cm³/mol. The Labute approximate surface area is 197 Å². The fourth-order valence-electron chi connectivity index (χ4n) is 4.19. The second kappa shape index (κ2) is 8.86. The quantitative estimate of drug-likeness (QED) is 0.450. The zero-order chi connectivity index (χ0) is 22.9. The summed E-state index contributed by atoms with van der Waals surface area (Å²) >= 11 is 1.67. The van der Waals surface area contributed by atoms with Crippen LogP contribution in [0.5, 0.6) is 5.75 Å². The highest BCUT2D eigenvalue weighted by Crippen LogP contribution is 2.33. The van der Waals surface area contributed by atoms with Crippen LogP contribution in [0.3, 0.4) is 0 Å². The van der Waals surface area contributed by atoms with Crippen molar-refractivity contribution in [2.24, 2.45) is 0 Å². The molecule has 0 saturated carbocycles. The molecule has 0 bridgehead atoms. The van der Waals surface area contributed by atoms with E-state index in [0.29, 0.717) is 19.5 Å². The highest BCUT2D eigenvalue weighted by atomic mass is 32.1. The molecule has 0 aliphatic carbocycles. The van der Waals surface area contributed by atoms with Crippen molar-refractivity contribution in [2.75, 3.05) is 38.2 Å². The standard InChI is InChI=1S/C25H27N5O2S/c1-17-6-4-5-7-19(17)16-22(31)28-12-14-29(15-13-28)25-26-24-23(33-25)18(2)27-30(24)20-8-10-21(32-3)11-9-20/h4-11H,12-16H2,1-3H3. The fourth-order valence-corrected chi connectivity index (χ4v) is 5.23. The van der Waals surface area contributed by atoms with Crippen molar-refractivity contribution in [1.82, 2.24) is 19.7 Å². The van der Waals surface area contributed by atoms with Crippen molar-refractivity contribution in [1.29, 1.82) is 0 Å². The minimum Gasteiger partial charge on any atom is -0.497 e. The number of ether oxygens (including phenoxy) is 1. The molecule has 0 spiro atoms. The number of aromatic nitrogens is 3. The summed E-state index contributed by atoms with van der Waals surface area (Å²) in [5.74, 6) is 1.01. The first kappa shape index (κ1) is 21.5. The van der Waals surface area contributed by atoms with Gasteiger partial charge in [0.25, 0.3) is 0 Å². The second-order valence-electron chi connectivity index (χ2n) is 8.32. The summed E-state index contributed by atoms with van der Waals surface area (Å²) in [6.45, 7) is 7.07.